The van der Waals surface area contributed by atoms with E-state index in [2.05, 4.69) is 5.29 Å². The molecule has 0 saturated heterocycles. The van der Waals surface area contributed by atoms with Gasteiger partial charge >= 0.3 is 6.03 Å². The van der Waals surface area contributed by atoms with E-state index in [1.54, 1.807) is 26.0 Å². The number of rotatable bonds is 4. The first-order chi connectivity index (χ1) is 6.08. The van der Waals surface area contributed by atoms with Crippen LogP contribution in [-0.2, 0) is 0 Å². The van der Waals surface area contributed by atoms with Crippen molar-refractivity contribution in [3.63, 3.8) is 0 Å². The Hall–Kier alpha value is -1.17. The van der Waals surface area contributed by atoms with Crippen molar-refractivity contribution in [1.82, 2.24) is 15.0 Å². The molecule has 13 heavy (non-hydrogen) atoms. The number of amides is 2. The van der Waals surface area contributed by atoms with Gasteiger partial charge in [-0.25, -0.2) is 9.80 Å². The van der Waals surface area contributed by atoms with Crippen LogP contribution < -0.4 is 0 Å². The fourth-order valence-corrected chi connectivity index (χ4v) is 0.950. The SMILES string of the molecule is CCN(N=O)C(=O)N(CC)N(C)C. The average Bonchev–Trinajstić information content (AvgIpc) is 2.07. The average molecular weight is 188 g/mol. The van der Waals surface area contributed by atoms with Crippen molar-refractivity contribution in [3.05, 3.63) is 4.91 Å². The number of urea groups is 1. The molecule has 0 aliphatic heterocycles. The van der Waals surface area contributed by atoms with E-state index in [1.165, 1.54) is 5.01 Å². The number of carbonyl (C=O) groups is 1. The maximum absolute atomic E-state index is 11.5. The topological polar surface area (TPSA) is 56.2 Å². The molecule has 0 unspecified atom stereocenters. The molecule has 0 atom stereocenters. The maximum atomic E-state index is 11.5. The van der Waals surface area contributed by atoms with Crippen molar-refractivity contribution in [3.8, 4) is 0 Å². The van der Waals surface area contributed by atoms with Crippen LogP contribution in [0.5, 0.6) is 0 Å². The van der Waals surface area contributed by atoms with Gasteiger partial charge in [-0.1, -0.05) is 0 Å². The lowest BCUT2D eigenvalue weighted by Gasteiger charge is -2.29. The van der Waals surface area contributed by atoms with Gasteiger partial charge < -0.3 is 0 Å². The highest BCUT2D eigenvalue weighted by Gasteiger charge is 2.20. The fraction of sp³-hybridized carbons (Fsp3) is 0.857. The zero-order valence-corrected chi connectivity index (χ0v) is 8.52. The van der Waals surface area contributed by atoms with Gasteiger partial charge in [-0.2, -0.15) is 5.01 Å². The molecule has 0 aromatic carbocycles. The number of hydrogen-bond acceptors (Lipinski definition) is 4. The largest absolute Gasteiger partial charge is 0.357 e. The third-order valence-electron chi connectivity index (χ3n) is 1.62. The van der Waals surface area contributed by atoms with Crippen molar-refractivity contribution in [2.24, 2.45) is 5.29 Å². The van der Waals surface area contributed by atoms with E-state index in [0.717, 1.165) is 5.01 Å². The Kier molecular flexibility index (Phi) is 4.98. The van der Waals surface area contributed by atoms with Gasteiger partial charge in [-0.3, -0.25) is 5.01 Å². The van der Waals surface area contributed by atoms with E-state index in [0.29, 0.717) is 6.54 Å². The van der Waals surface area contributed by atoms with Crippen molar-refractivity contribution in [2.75, 3.05) is 27.2 Å². The van der Waals surface area contributed by atoms with Gasteiger partial charge in [-0.05, 0) is 13.8 Å². The molecule has 6 heteroatoms. The molecule has 0 rings (SSSR count). The van der Waals surface area contributed by atoms with Crippen LogP contribution >= 0.6 is 0 Å². The van der Waals surface area contributed by atoms with Crippen LogP contribution in [0.25, 0.3) is 0 Å². The summed E-state index contributed by atoms with van der Waals surface area (Å²) >= 11 is 0. The van der Waals surface area contributed by atoms with E-state index in [4.69, 9.17) is 0 Å². The predicted octanol–water partition coefficient (Wildman–Crippen LogP) is 0.908. The van der Waals surface area contributed by atoms with Crippen LogP contribution in [0.3, 0.4) is 0 Å². The molecular formula is C7H16N4O2. The molecule has 76 valence electrons. The number of hydrazine groups is 1. The Balaban J connectivity index is 4.43. The number of hydrogen-bond donors (Lipinski definition) is 0. The summed E-state index contributed by atoms with van der Waals surface area (Å²) in [5, 5.41) is 6.54. The van der Waals surface area contributed by atoms with Gasteiger partial charge in [0.25, 0.3) is 0 Å². The lowest BCUT2D eigenvalue weighted by atomic mass is 10.6. The molecule has 0 aliphatic rings. The minimum atomic E-state index is -0.398. The van der Waals surface area contributed by atoms with E-state index in [1.807, 2.05) is 6.92 Å². The Morgan fingerprint density at radius 2 is 1.77 bits per heavy atom. The first-order valence-corrected chi connectivity index (χ1v) is 4.18. The highest BCUT2D eigenvalue weighted by Crippen LogP contribution is 2.00. The standard InChI is InChI=1S/C7H16N4O2/c1-5-10(8-13)7(12)11(6-2)9(3)4/h5-6H2,1-4H3. The van der Waals surface area contributed by atoms with Crippen molar-refractivity contribution >= 4 is 6.03 Å². The predicted molar refractivity (Wildman–Crippen MR) is 49.6 cm³/mol. The molecule has 0 bridgehead atoms. The zero-order valence-electron chi connectivity index (χ0n) is 8.52. The zero-order chi connectivity index (χ0) is 10.4. The minimum absolute atomic E-state index is 0.284. The number of nitroso groups, excluding NO2 is 1. The number of carbonyl (C=O) groups excluding carboxylic acids is 1. The molecule has 0 aliphatic carbocycles. The summed E-state index contributed by atoms with van der Waals surface area (Å²) in [6, 6.07) is -0.398. The minimum Gasteiger partial charge on any atom is -0.256 e. The van der Waals surface area contributed by atoms with Gasteiger partial charge in [0.1, 0.15) is 0 Å². The van der Waals surface area contributed by atoms with Crippen LogP contribution in [0, 0.1) is 4.91 Å². The quantitative estimate of drug-likeness (QED) is 0.486. The molecule has 2 amide bonds. The van der Waals surface area contributed by atoms with Crippen LogP contribution in [-0.4, -0.2) is 48.2 Å². The van der Waals surface area contributed by atoms with E-state index < -0.39 is 6.03 Å². The molecule has 0 spiro atoms. The Morgan fingerprint density at radius 1 is 1.23 bits per heavy atom. The highest BCUT2D eigenvalue weighted by molar-refractivity contribution is 5.73. The summed E-state index contributed by atoms with van der Waals surface area (Å²) in [4.78, 5) is 21.7. The van der Waals surface area contributed by atoms with Crippen molar-refractivity contribution < 1.29 is 4.79 Å². The van der Waals surface area contributed by atoms with Crippen molar-refractivity contribution in [2.45, 2.75) is 13.8 Å². The van der Waals surface area contributed by atoms with Gasteiger partial charge in [0.05, 0.1) is 5.29 Å². The summed E-state index contributed by atoms with van der Waals surface area (Å²) in [5.74, 6) is 0. The van der Waals surface area contributed by atoms with E-state index in [9.17, 15) is 9.70 Å². The maximum Gasteiger partial charge on any atom is 0.357 e. The molecule has 0 radical (unpaired) electrons. The molecule has 6 nitrogen and oxygen atoms in total. The summed E-state index contributed by atoms with van der Waals surface area (Å²) < 4.78 is 0. The van der Waals surface area contributed by atoms with Gasteiger partial charge in [0, 0.05) is 27.2 Å². The summed E-state index contributed by atoms with van der Waals surface area (Å²) in [7, 11) is 3.47. The molecule has 0 fully saturated rings. The number of nitrogens with zero attached hydrogens (tertiary/aromatic N) is 4. The smallest absolute Gasteiger partial charge is 0.256 e. The molecule has 0 aromatic heterocycles. The van der Waals surface area contributed by atoms with Gasteiger partial charge in [0.15, 0.2) is 0 Å². The Morgan fingerprint density at radius 3 is 2.00 bits per heavy atom. The van der Waals surface area contributed by atoms with Crippen LogP contribution in [0.2, 0.25) is 0 Å². The Bertz CT molecular complexity index is 183. The highest BCUT2D eigenvalue weighted by atomic mass is 16.3. The van der Waals surface area contributed by atoms with Gasteiger partial charge in [-0.15, -0.1) is 4.91 Å². The first kappa shape index (κ1) is 11.8. The second kappa shape index (κ2) is 5.47. The van der Waals surface area contributed by atoms with Crippen molar-refractivity contribution in [1.29, 1.82) is 0 Å². The fourth-order valence-electron chi connectivity index (χ4n) is 0.950. The second-order valence-corrected chi connectivity index (χ2v) is 2.64. The monoisotopic (exact) mass is 188 g/mol. The molecule has 0 aromatic rings. The summed E-state index contributed by atoms with van der Waals surface area (Å²) in [5.41, 5.74) is 0. The lowest BCUT2D eigenvalue weighted by molar-refractivity contribution is 0.0454. The molecule has 0 N–H and O–H groups in total. The summed E-state index contributed by atoms with van der Waals surface area (Å²) in [6.07, 6.45) is 0. The first-order valence-electron chi connectivity index (χ1n) is 4.18. The molecular weight excluding hydrogens is 172 g/mol. The third kappa shape index (κ3) is 2.98. The normalized spacial score (nSPS) is 9.92. The van der Waals surface area contributed by atoms with E-state index >= 15 is 0 Å². The summed E-state index contributed by atoms with van der Waals surface area (Å²) in [6.45, 7) is 4.32. The third-order valence-corrected chi connectivity index (χ3v) is 1.62. The Labute approximate surface area is 78.0 Å². The van der Waals surface area contributed by atoms with Crippen LogP contribution in [0.4, 0.5) is 4.79 Å². The second-order valence-electron chi connectivity index (χ2n) is 2.64. The van der Waals surface area contributed by atoms with Crippen LogP contribution in [0.15, 0.2) is 5.29 Å². The van der Waals surface area contributed by atoms with Crippen LogP contribution in [0.1, 0.15) is 13.8 Å². The molecule has 0 heterocycles. The lowest BCUT2D eigenvalue weighted by Crippen LogP contribution is -2.47. The molecule has 0 saturated carbocycles. The van der Waals surface area contributed by atoms with E-state index in [-0.39, 0.29) is 6.54 Å². The van der Waals surface area contributed by atoms with Gasteiger partial charge in [0.2, 0.25) is 0 Å².